The summed E-state index contributed by atoms with van der Waals surface area (Å²) in [6.45, 7) is 8.96. The van der Waals surface area contributed by atoms with Crippen molar-refractivity contribution in [2.75, 3.05) is 13.2 Å². The molecule has 0 aromatic heterocycles. The Morgan fingerprint density at radius 3 is 0.860 bits per heavy atom. The minimum Gasteiger partial charge on any atom is -0.462 e. The summed E-state index contributed by atoms with van der Waals surface area (Å²) in [7, 11) is 0. The molecular formula is C51H98O6. The zero-order chi connectivity index (χ0) is 41.7. The van der Waals surface area contributed by atoms with Crippen molar-refractivity contribution in [3.8, 4) is 0 Å². The molecule has 0 N–H and O–H groups in total. The SMILES string of the molecule is CCCCCCCCCCCCCCCCCCCCCC(=O)OC[C@@H](COC(=O)CCCCCCCCCCCC)OC(=O)CCCCCCCCCC(C)C. The van der Waals surface area contributed by atoms with Gasteiger partial charge in [0, 0.05) is 19.3 Å². The van der Waals surface area contributed by atoms with Crippen LogP contribution in [-0.4, -0.2) is 37.2 Å². The fraction of sp³-hybridized carbons (Fsp3) is 0.941. The molecule has 6 heteroatoms. The molecular weight excluding hydrogens is 709 g/mol. The summed E-state index contributed by atoms with van der Waals surface area (Å²) in [6.07, 6.45) is 46.7. The van der Waals surface area contributed by atoms with Gasteiger partial charge >= 0.3 is 17.9 Å². The highest BCUT2D eigenvalue weighted by Crippen LogP contribution is 2.17. The van der Waals surface area contributed by atoms with Crippen molar-refractivity contribution in [1.82, 2.24) is 0 Å². The van der Waals surface area contributed by atoms with Crippen LogP contribution in [0.1, 0.15) is 285 Å². The maximum Gasteiger partial charge on any atom is 0.306 e. The van der Waals surface area contributed by atoms with E-state index in [-0.39, 0.29) is 31.1 Å². The molecule has 338 valence electrons. The highest BCUT2D eigenvalue weighted by Gasteiger charge is 2.19. The van der Waals surface area contributed by atoms with E-state index in [1.807, 2.05) is 0 Å². The van der Waals surface area contributed by atoms with Gasteiger partial charge in [-0.1, -0.05) is 246 Å². The van der Waals surface area contributed by atoms with Crippen molar-refractivity contribution in [3.63, 3.8) is 0 Å². The van der Waals surface area contributed by atoms with Gasteiger partial charge in [-0.3, -0.25) is 14.4 Å². The molecule has 0 aromatic rings. The average Bonchev–Trinajstić information content (AvgIpc) is 3.19. The van der Waals surface area contributed by atoms with Crippen molar-refractivity contribution < 1.29 is 28.6 Å². The van der Waals surface area contributed by atoms with Gasteiger partial charge < -0.3 is 14.2 Å². The Kier molecular flexibility index (Phi) is 44.2. The molecule has 0 heterocycles. The minimum absolute atomic E-state index is 0.0639. The summed E-state index contributed by atoms with van der Waals surface area (Å²) < 4.78 is 16.7. The third-order valence-electron chi connectivity index (χ3n) is 11.5. The Morgan fingerprint density at radius 1 is 0.333 bits per heavy atom. The van der Waals surface area contributed by atoms with E-state index in [0.717, 1.165) is 63.7 Å². The van der Waals surface area contributed by atoms with Crippen molar-refractivity contribution in [3.05, 3.63) is 0 Å². The largest absolute Gasteiger partial charge is 0.462 e. The molecule has 0 bridgehead atoms. The number of carbonyl (C=O) groups excluding carboxylic acids is 3. The number of carbonyl (C=O) groups is 3. The van der Waals surface area contributed by atoms with Crippen LogP contribution in [0, 0.1) is 5.92 Å². The molecule has 0 rings (SSSR count). The van der Waals surface area contributed by atoms with E-state index in [1.165, 1.54) is 180 Å². The normalized spacial score (nSPS) is 11.9. The van der Waals surface area contributed by atoms with E-state index >= 15 is 0 Å². The first kappa shape index (κ1) is 55.4. The number of rotatable bonds is 46. The van der Waals surface area contributed by atoms with Gasteiger partial charge in [-0.15, -0.1) is 0 Å². The van der Waals surface area contributed by atoms with Crippen LogP contribution in [0.5, 0.6) is 0 Å². The van der Waals surface area contributed by atoms with Crippen LogP contribution in [0.15, 0.2) is 0 Å². The van der Waals surface area contributed by atoms with Gasteiger partial charge in [0.15, 0.2) is 6.10 Å². The summed E-state index contributed by atoms with van der Waals surface area (Å²) in [6, 6.07) is 0. The summed E-state index contributed by atoms with van der Waals surface area (Å²) in [5.41, 5.74) is 0. The molecule has 6 nitrogen and oxygen atoms in total. The summed E-state index contributed by atoms with van der Waals surface area (Å²) in [5, 5.41) is 0. The molecule has 1 atom stereocenters. The monoisotopic (exact) mass is 807 g/mol. The molecule has 0 aromatic carbocycles. The van der Waals surface area contributed by atoms with E-state index in [4.69, 9.17) is 14.2 Å². The van der Waals surface area contributed by atoms with Crippen molar-refractivity contribution >= 4 is 17.9 Å². The number of esters is 3. The lowest BCUT2D eigenvalue weighted by molar-refractivity contribution is -0.167. The molecule has 0 aliphatic carbocycles. The Labute approximate surface area is 355 Å². The van der Waals surface area contributed by atoms with Gasteiger partial charge in [0.05, 0.1) is 0 Å². The number of unbranched alkanes of at least 4 members (excludes halogenated alkanes) is 33. The number of ether oxygens (including phenoxy) is 3. The summed E-state index contributed by atoms with van der Waals surface area (Å²) >= 11 is 0. The average molecular weight is 807 g/mol. The van der Waals surface area contributed by atoms with Crippen molar-refractivity contribution in [2.45, 2.75) is 291 Å². The second kappa shape index (κ2) is 45.5. The third-order valence-corrected chi connectivity index (χ3v) is 11.5. The first-order valence-electron chi connectivity index (χ1n) is 25.4. The smallest absolute Gasteiger partial charge is 0.306 e. The number of hydrogen-bond donors (Lipinski definition) is 0. The van der Waals surface area contributed by atoms with Crippen LogP contribution >= 0.6 is 0 Å². The first-order chi connectivity index (χ1) is 27.9. The lowest BCUT2D eigenvalue weighted by atomic mass is 10.0. The van der Waals surface area contributed by atoms with Crippen LogP contribution in [0.3, 0.4) is 0 Å². The quantitative estimate of drug-likeness (QED) is 0.0346. The molecule has 0 fully saturated rings. The Balaban J connectivity index is 4.20. The van der Waals surface area contributed by atoms with E-state index in [1.54, 1.807) is 0 Å². The standard InChI is InChI=1S/C51H98O6/c1-5-7-9-11-13-15-17-18-19-20-21-22-23-24-25-27-31-35-39-43-50(53)56-46-48(57-51(54)44-40-36-32-28-29-33-37-41-47(3)4)45-55-49(52)42-38-34-30-26-16-14-12-10-8-6-2/h47-48H,5-46H2,1-4H3/t48-/m1/s1. The highest BCUT2D eigenvalue weighted by molar-refractivity contribution is 5.71. The minimum atomic E-state index is -0.760. The van der Waals surface area contributed by atoms with Gasteiger partial charge in [-0.05, 0) is 25.2 Å². The lowest BCUT2D eigenvalue weighted by Gasteiger charge is -2.18. The van der Waals surface area contributed by atoms with Gasteiger partial charge in [0.2, 0.25) is 0 Å². The Bertz CT molecular complexity index is 857. The Morgan fingerprint density at radius 2 is 0.579 bits per heavy atom. The van der Waals surface area contributed by atoms with Crippen molar-refractivity contribution in [1.29, 1.82) is 0 Å². The maximum atomic E-state index is 12.7. The fourth-order valence-electron chi connectivity index (χ4n) is 7.69. The molecule has 0 radical (unpaired) electrons. The number of hydrogen-bond acceptors (Lipinski definition) is 6. The van der Waals surface area contributed by atoms with Gasteiger partial charge in [-0.25, -0.2) is 0 Å². The highest BCUT2D eigenvalue weighted by atomic mass is 16.6. The van der Waals surface area contributed by atoms with Crippen LogP contribution in [0.4, 0.5) is 0 Å². The summed E-state index contributed by atoms with van der Waals surface area (Å²) in [4.78, 5) is 37.8. The first-order valence-corrected chi connectivity index (χ1v) is 25.4. The van der Waals surface area contributed by atoms with Gasteiger partial charge in [0.25, 0.3) is 0 Å². The van der Waals surface area contributed by atoms with E-state index in [9.17, 15) is 14.4 Å². The molecule has 0 aliphatic rings. The molecule has 0 amide bonds. The van der Waals surface area contributed by atoms with E-state index in [0.29, 0.717) is 19.3 Å². The zero-order valence-corrected chi connectivity index (χ0v) is 38.8. The maximum absolute atomic E-state index is 12.7. The molecule has 57 heavy (non-hydrogen) atoms. The predicted octanol–water partition coefficient (Wildman–Crippen LogP) is 16.3. The predicted molar refractivity (Wildman–Crippen MR) is 243 cm³/mol. The van der Waals surface area contributed by atoms with Crippen LogP contribution < -0.4 is 0 Å². The third kappa shape index (κ3) is 45.3. The fourth-order valence-corrected chi connectivity index (χ4v) is 7.69. The second-order valence-corrected chi connectivity index (χ2v) is 17.9. The lowest BCUT2D eigenvalue weighted by Crippen LogP contribution is -2.30. The Hall–Kier alpha value is -1.59. The molecule has 0 saturated carbocycles. The summed E-state index contributed by atoms with van der Waals surface area (Å²) in [5.74, 6) is -0.0743. The second-order valence-electron chi connectivity index (χ2n) is 17.9. The van der Waals surface area contributed by atoms with Gasteiger partial charge in [0.1, 0.15) is 13.2 Å². The molecule has 0 unspecified atom stereocenters. The molecule has 0 spiro atoms. The van der Waals surface area contributed by atoms with Crippen LogP contribution in [-0.2, 0) is 28.6 Å². The van der Waals surface area contributed by atoms with Crippen LogP contribution in [0.25, 0.3) is 0 Å². The molecule has 0 saturated heterocycles. The van der Waals surface area contributed by atoms with E-state index < -0.39 is 6.10 Å². The topological polar surface area (TPSA) is 78.9 Å². The van der Waals surface area contributed by atoms with Crippen LogP contribution in [0.2, 0.25) is 0 Å². The zero-order valence-electron chi connectivity index (χ0n) is 38.8. The molecule has 0 aliphatic heterocycles. The van der Waals surface area contributed by atoms with Gasteiger partial charge in [-0.2, -0.15) is 0 Å². The van der Waals surface area contributed by atoms with Crippen molar-refractivity contribution in [2.24, 2.45) is 5.92 Å². The van der Waals surface area contributed by atoms with E-state index in [2.05, 4.69) is 27.7 Å².